The van der Waals surface area contributed by atoms with Gasteiger partial charge in [0.15, 0.2) is 5.82 Å². The van der Waals surface area contributed by atoms with Gasteiger partial charge in [-0.15, -0.1) is 0 Å². The van der Waals surface area contributed by atoms with Gasteiger partial charge in [0.1, 0.15) is 5.84 Å². The highest BCUT2D eigenvalue weighted by Gasteiger charge is 2.24. The third-order valence-corrected chi connectivity index (χ3v) is 6.59. The van der Waals surface area contributed by atoms with Crippen LogP contribution in [0.5, 0.6) is 0 Å². The van der Waals surface area contributed by atoms with Gasteiger partial charge in [-0.05, 0) is 54.0 Å². The minimum atomic E-state index is -0.180. The maximum Gasteiger partial charge on any atom is 0.272 e. The molecule has 6 heteroatoms. The number of benzene rings is 2. The second kappa shape index (κ2) is 6.52. The fraction of sp³-hybridized carbons (Fsp3) is 0.348. The second-order valence-electron chi connectivity index (χ2n) is 8.40. The van der Waals surface area contributed by atoms with E-state index in [9.17, 15) is 4.79 Å². The van der Waals surface area contributed by atoms with Gasteiger partial charge in [-0.3, -0.25) is 9.69 Å². The Morgan fingerprint density at radius 3 is 2.93 bits per heavy atom. The molecule has 0 radical (unpaired) electrons. The van der Waals surface area contributed by atoms with E-state index in [1.165, 1.54) is 36.0 Å². The van der Waals surface area contributed by atoms with Crippen LogP contribution in [-0.4, -0.2) is 34.0 Å². The summed E-state index contributed by atoms with van der Waals surface area (Å²) in [7, 11) is 0. The third-order valence-electron chi connectivity index (χ3n) is 6.59. The van der Waals surface area contributed by atoms with Crippen LogP contribution in [0.1, 0.15) is 41.9 Å². The lowest BCUT2D eigenvalue weighted by molar-refractivity contribution is 0.289. The van der Waals surface area contributed by atoms with E-state index >= 15 is 0 Å². The SMILES string of the molecule is O=c1[nH]nc2c3c(cccc13)NC(CN1CCc3ccc(C4CCC4)cc3C1)=N2. The number of amidine groups is 1. The Labute approximate surface area is 168 Å². The van der Waals surface area contributed by atoms with E-state index in [0.717, 1.165) is 48.9 Å². The summed E-state index contributed by atoms with van der Waals surface area (Å²) in [4.78, 5) is 19.2. The van der Waals surface area contributed by atoms with Crippen LogP contribution in [0.15, 0.2) is 46.2 Å². The molecule has 1 fully saturated rings. The van der Waals surface area contributed by atoms with Crippen LogP contribution in [0.2, 0.25) is 0 Å². The van der Waals surface area contributed by atoms with Crippen LogP contribution in [0, 0.1) is 0 Å². The Kier molecular flexibility index (Phi) is 3.81. The Morgan fingerprint density at radius 2 is 2.07 bits per heavy atom. The van der Waals surface area contributed by atoms with Crippen LogP contribution in [0.3, 0.4) is 0 Å². The number of rotatable bonds is 3. The summed E-state index contributed by atoms with van der Waals surface area (Å²) in [6.45, 7) is 2.71. The largest absolute Gasteiger partial charge is 0.342 e. The molecule has 6 rings (SSSR count). The number of aromatic amines is 1. The zero-order chi connectivity index (χ0) is 19.4. The molecule has 0 atom stereocenters. The zero-order valence-corrected chi connectivity index (χ0v) is 16.2. The summed E-state index contributed by atoms with van der Waals surface area (Å²) in [5.41, 5.74) is 5.18. The van der Waals surface area contributed by atoms with Gasteiger partial charge in [-0.2, -0.15) is 5.10 Å². The molecule has 2 aliphatic heterocycles. The first-order valence-electron chi connectivity index (χ1n) is 10.4. The molecule has 6 nitrogen and oxygen atoms in total. The highest BCUT2D eigenvalue weighted by molar-refractivity contribution is 6.12. The van der Waals surface area contributed by atoms with Crippen molar-refractivity contribution >= 4 is 28.1 Å². The molecule has 1 saturated carbocycles. The van der Waals surface area contributed by atoms with Crippen molar-refractivity contribution in [2.24, 2.45) is 4.99 Å². The van der Waals surface area contributed by atoms with E-state index in [1.54, 1.807) is 0 Å². The Hall–Kier alpha value is -2.99. The van der Waals surface area contributed by atoms with Crippen molar-refractivity contribution in [3.8, 4) is 0 Å². The number of anilines is 1. The van der Waals surface area contributed by atoms with E-state index in [4.69, 9.17) is 4.99 Å². The molecule has 29 heavy (non-hydrogen) atoms. The zero-order valence-electron chi connectivity index (χ0n) is 16.2. The first kappa shape index (κ1) is 16.9. The lowest BCUT2D eigenvalue weighted by atomic mass is 9.79. The number of H-pyrrole nitrogens is 1. The molecule has 0 amide bonds. The number of aliphatic imine (C=N–C) groups is 1. The normalized spacial score (nSPS) is 18.7. The molecule has 1 aromatic heterocycles. The summed E-state index contributed by atoms with van der Waals surface area (Å²) < 4.78 is 0. The van der Waals surface area contributed by atoms with E-state index in [2.05, 4.69) is 38.6 Å². The molecule has 0 spiro atoms. The van der Waals surface area contributed by atoms with Crippen molar-refractivity contribution in [1.29, 1.82) is 0 Å². The number of hydrogen-bond acceptors (Lipinski definition) is 5. The number of nitrogens with zero attached hydrogens (tertiary/aromatic N) is 3. The van der Waals surface area contributed by atoms with E-state index in [1.807, 2.05) is 18.2 Å². The number of nitrogens with one attached hydrogen (secondary N) is 2. The van der Waals surface area contributed by atoms with Crippen molar-refractivity contribution in [3.63, 3.8) is 0 Å². The van der Waals surface area contributed by atoms with Crippen molar-refractivity contribution in [1.82, 2.24) is 15.1 Å². The summed E-state index contributed by atoms with van der Waals surface area (Å²) in [5, 5.41) is 11.6. The predicted molar refractivity (Wildman–Crippen MR) is 115 cm³/mol. The highest BCUT2D eigenvalue weighted by atomic mass is 16.1. The summed E-state index contributed by atoms with van der Waals surface area (Å²) >= 11 is 0. The van der Waals surface area contributed by atoms with Gasteiger partial charge in [-0.25, -0.2) is 10.1 Å². The third kappa shape index (κ3) is 2.86. The van der Waals surface area contributed by atoms with Gasteiger partial charge in [0.2, 0.25) is 0 Å². The maximum atomic E-state index is 12.0. The number of hydrogen-bond donors (Lipinski definition) is 2. The topological polar surface area (TPSA) is 73.4 Å². The summed E-state index contributed by atoms with van der Waals surface area (Å²) in [5.74, 6) is 2.24. The first-order chi connectivity index (χ1) is 14.2. The smallest absolute Gasteiger partial charge is 0.272 e. The van der Waals surface area contributed by atoms with Crippen molar-refractivity contribution < 1.29 is 0 Å². The van der Waals surface area contributed by atoms with Gasteiger partial charge in [0, 0.05) is 13.1 Å². The second-order valence-corrected chi connectivity index (χ2v) is 8.40. The van der Waals surface area contributed by atoms with Crippen LogP contribution in [0.25, 0.3) is 10.8 Å². The molecule has 146 valence electrons. The number of aromatic nitrogens is 2. The Morgan fingerprint density at radius 1 is 1.14 bits per heavy atom. The van der Waals surface area contributed by atoms with E-state index < -0.39 is 0 Å². The Balaban J connectivity index is 1.26. The minimum absolute atomic E-state index is 0.180. The molecule has 0 bridgehead atoms. The van der Waals surface area contributed by atoms with Gasteiger partial charge in [0.25, 0.3) is 5.56 Å². The molecule has 3 aromatic rings. The maximum absolute atomic E-state index is 12.0. The fourth-order valence-electron chi connectivity index (χ4n) is 4.75. The van der Waals surface area contributed by atoms with Crippen LogP contribution in [-0.2, 0) is 13.0 Å². The molecular weight excluding hydrogens is 362 g/mol. The van der Waals surface area contributed by atoms with Crippen LogP contribution in [0.4, 0.5) is 11.5 Å². The van der Waals surface area contributed by atoms with Gasteiger partial charge in [0.05, 0.1) is 23.0 Å². The highest BCUT2D eigenvalue weighted by Crippen LogP contribution is 2.37. The summed E-state index contributed by atoms with van der Waals surface area (Å²) in [6.07, 6.45) is 5.12. The standard InChI is InChI=1S/C23H23N5O/c29-23-18-5-2-6-19-21(18)22(26-27-23)25-20(24-19)13-28-10-9-15-7-8-16(11-17(15)12-28)14-3-1-4-14/h2,5-8,11,14H,1,3-4,9-10,12-13H2,(H,27,29)(H,24,25,26). The molecule has 2 aromatic carbocycles. The molecular formula is C23H23N5O. The van der Waals surface area contributed by atoms with Crippen molar-refractivity contribution in [3.05, 3.63) is 63.4 Å². The van der Waals surface area contributed by atoms with E-state index in [-0.39, 0.29) is 5.56 Å². The molecule has 0 unspecified atom stereocenters. The average molecular weight is 385 g/mol. The lowest BCUT2D eigenvalue weighted by Gasteiger charge is -2.32. The molecule has 3 aliphatic rings. The molecule has 1 aliphatic carbocycles. The van der Waals surface area contributed by atoms with E-state index in [0.29, 0.717) is 11.2 Å². The minimum Gasteiger partial charge on any atom is -0.342 e. The lowest BCUT2D eigenvalue weighted by Crippen LogP contribution is -2.37. The van der Waals surface area contributed by atoms with Gasteiger partial charge >= 0.3 is 0 Å². The van der Waals surface area contributed by atoms with Crippen molar-refractivity contribution in [2.45, 2.75) is 38.1 Å². The fourth-order valence-corrected chi connectivity index (χ4v) is 4.75. The van der Waals surface area contributed by atoms with Crippen molar-refractivity contribution in [2.75, 3.05) is 18.4 Å². The average Bonchev–Trinajstić information content (AvgIpc) is 2.69. The number of fused-ring (bicyclic) bond motifs is 1. The molecule has 2 N–H and O–H groups in total. The quantitative estimate of drug-likeness (QED) is 0.721. The molecule has 3 heterocycles. The Bertz CT molecular complexity index is 1210. The van der Waals surface area contributed by atoms with Gasteiger partial charge < -0.3 is 5.32 Å². The van der Waals surface area contributed by atoms with Gasteiger partial charge in [-0.1, -0.05) is 30.7 Å². The predicted octanol–water partition coefficient (Wildman–Crippen LogP) is 3.70. The first-order valence-corrected chi connectivity index (χ1v) is 10.4. The summed E-state index contributed by atoms with van der Waals surface area (Å²) in [6, 6.07) is 12.8. The van der Waals surface area contributed by atoms with Crippen LogP contribution >= 0.6 is 0 Å². The van der Waals surface area contributed by atoms with Crippen LogP contribution < -0.4 is 10.9 Å². The molecule has 0 saturated heterocycles. The monoisotopic (exact) mass is 385 g/mol.